The van der Waals surface area contributed by atoms with E-state index >= 15 is 0 Å². The maximum Gasteiger partial charge on any atom is 2.00 e. The minimum atomic E-state index is 0. The van der Waals surface area contributed by atoms with Gasteiger partial charge in [0.1, 0.15) is 5.01 Å². The van der Waals surface area contributed by atoms with Crippen LogP contribution < -0.4 is 0 Å². The SMILES string of the molecule is Cn1c(-c2[c-]c3c(cc2)c2ccccc2n3-c2[c-]c(-c3ccccn3)ccc2)nc2ccc(-c3nccs3)cc21.[Pt+2]. The molecule has 5 nitrogen and oxygen atoms in total. The molecule has 8 rings (SSSR count). The van der Waals surface area contributed by atoms with E-state index < -0.39 is 0 Å². The van der Waals surface area contributed by atoms with Crippen LogP contribution in [0.25, 0.3) is 71.7 Å². The molecule has 0 amide bonds. The van der Waals surface area contributed by atoms with Crippen molar-refractivity contribution in [2.75, 3.05) is 0 Å². The largest absolute Gasteiger partial charge is 2.00 e. The Hall–Kier alpha value is -4.38. The summed E-state index contributed by atoms with van der Waals surface area (Å²) < 4.78 is 4.38. The molecule has 0 aliphatic heterocycles. The van der Waals surface area contributed by atoms with Crippen molar-refractivity contribution < 1.29 is 21.1 Å². The van der Waals surface area contributed by atoms with Crippen molar-refractivity contribution >= 4 is 44.2 Å². The molecule has 0 N–H and O–H groups in total. The molecule has 41 heavy (non-hydrogen) atoms. The normalized spacial score (nSPS) is 11.3. The Kier molecular flexibility index (Phi) is 6.38. The molecule has 0 spiro atoms. The van der Waals surface area contributed by atoms with Gasteiger partial charge in [0.25, 0.3) is 0 Å². The average molecular weight is 727 g/mol. The van der Waals surface area contributed by atoms with Gasteiger partial charge in [-0.3, -0.25) is 4.98 Å². The van der Waals surface area contributed by atoms with Gasteiger partial charge in [-0.2, -0.15) is 0 Å². The summed E-state index contributed by atoms with van der Waals surface area (Å²) in [4.78, 5) is 14.0. The number of para-hydroxylation sites is 1. The summed E-state index contributed by atoms with van der Waals surface area (Å²) in [7, 11) is 2.06. The number of imidazole rings is 1. The van der Waals surface area contributed by atoms with Crippen molar-refractivity contribution in [3.05, 3.63) is 121 Å². The zero-order valence-corrected chi connectivity index (χ0v) is 24.9. The molecule has 4 heterocycles. The smallest absolute Gasteiger partial charge is 0.367 e. The van der Waals surface area contributed by atoms with Crippen LogP contribution in [-0.4, -0.2) is 24.1 Å². The number of aromatic nitrogens is 5. The number of aryl methyl sites for hydroxylation is 1. The first-order valence-corrected chi connectivity index (χ1v) is 13.9. The Morgan fingerprint density at radius 1 is 0.732 bits per heavy atom. The fourth-order valence-corrected chi connectivity index (χ4v) is 6.10. The van der Waals surface area contributed by atoms with Crippen molar-refractivity contribution in [2.24, 2.45) is 7.05 Å². The molecule has 0 unspecified atom stereocenters. The molecular weight excluding hydrogens is 706 g/mol. The summed E-state index contributed by atoms with van der Waals surface area (Å²) in [5.74, 6) is 0.871. The van der Waals surface area contributed by atoms with Gasteiger partial charge in [-0.1, -0.05) is 35.7 Å². The maximum atomic E-state index is 5.01. The van der Waals surface area contributed by atoms with Gasteiger partial charge in [0, 0.05) is 35.9 Å². The van der Waals surface area contributed by atoms with E-state index in [0.717, 1.165) is 66.4 Å². The molecule has 0 saturated carbocycles. The minimum Gasteiger partial charge on any atom is -0.367 e. The zero-order chi connectivity index (χ0) is 26.6. The number of pyridine rings is 1. The Bertz CT molecular complexity index is 2180. The van der Waals surface area contributed by atoms with Crippen LogP contribution in [-0.2, 0) is 28.1 Å². The van der Waals surface area contributed by atoms with Gasteiger partial charge in [-0.05, 0) is 52.6 Å². The van der Waals surface area contributed by atoms with Crippen LogP contribution in [0, 0.1) is 12.1 Å². The molecule has 8 aromatic rings. The second-order valence-electron chi connectivity index (χ2n) is 9.69. The summed E-state index contributed by atoms with van der Waals surface area (Å²) >= 11 is 1.64. The fraction of sp³-hybridized carbons (Fsp3) is 0.0294. The van der Waals surface area contributed by atoms with Crippen molar-refractivity contribution in [1.82, 2.24) is 24.1 Å². The molecule has 198 valence electrons. The third-order valence-corrected chi connectivity index (χ3v) is 8.17. The van der Waals surface area contributed by atoms with Gasteiger partial charge in [0.15, 0.2) is 0 Å². The van der Waals surface area contributed by atoms with Gasteiger partial charge >= 0.3 is 21.1 Å². The predicted molar refractivity (Wildman–Crippen MR) is 162 cm³/mol. The Labute approximate surface area is 255 Å². The molecule has 4 aromatic carbocycles. The zero-order valence-electron chi connectivity index (χ0n) is 21.9. The number of thiazole rings is 1. The van der Waals surface area contributed by atoms with E-state index in [-0.39, 0.29) is 21.1 Å². The van der Waals surface area contributed by atoms with Crippen LogP contribution >= 0.6 is 11.3 Å². The van der Waals surface area contributed by atoms with E-state index in [4.69, 9.17) is 4.98 Å². The third kappa shape index (κ3) is 4.22. The summed E-state index contributed by atoms with van der Waals surface area (Å²) in [5.41, 5.74) is 8.93. The number of hydrogen-bond acceptors (Lipinski definition) is 4. The van der Waals surface area contributed by atoms with Crippen molar-refractivity contribution in [1.29, 1.82) is 0 Å². The van der Waals surface area contributed by atoms with Crippen LogP contribution in [0.2, 0.25) is 0 Å². The molecule has 0 aliphatic carbocycles. The molecule has 0 saturated heterocycles. The maximum absolute atomic E-state index is 5.01. The number of hydrogen-bond donors (Lipinski definition) is 0. The van der Waals surface area contributed by atoms with E-state index in [9.17, 15) is 0 Å². The van der Waals surface area contributed by atoms with Crippen LogP contribution in [0.3, 0.4) is 0 Å². The summed E-state index contributed by atoms with van der Waals surface area (Å²) in [6, 6.07) is 38.6. The predicted octanol–water partition coefficient (Wildman–Crippen LogP) is 8.12. The first-order chi connectivity index (χ1) is 19.7. The quantitative estimate of drug-likeness (QED) is 0.172. The van der Waals surface area contributed by atoms with Crippen LogP contribution in [0.5, 0.6) is 0 Å². The summed E-state index contributed by atoms with van der Waals surface area (Å²) in [6.07, 6.45) is 3.65. The molecule has 0 atom stereocenters. The van der Waals surface area contributed by atoms with Crippen molar-refractivity contribution in [2.45, 2.75) is 0 Å². The van der Waals surface area contributed by atoms with Crippen LogP contribution in [0.4, 0.5) is 0 Å². The Morgan fingerprint density at radius 3 is 2.49 bits per heavy atom. The van der Waals surface area contributed by atoms with Crippen LogP contribution in [0.15, 0.2) is 109 Å². The monoisotopic (exact) mass is 726 g/mol. The average Bonchev–Trinajstić information content (AvgIpc) is 3.74. The molecular formula is C34H21N5PtS. The fourth-order valence-electron chi connectivity index (χ4n) is 5.46. The first-order valence-electron chi connectivity index (χ1n) is 13.0. The summed E-state index contributed by atoms with van der Waals surface area (Å²) in [6.45, 7) is 0. The number of nitrogens with zero attached hydrogens (tertiary/aromatic N) is 5. The van der Waals surface area contributed by atoms with Crippen molar-refractivity contribution in [3.63, 3.8) is 0 Å². The first kappa shape index (κ1) is 25.6. The number of fused-ring (bicyclic) bond motifs is 4. The van der Waals surface area contributed by atoms with E-state index in [1.54, 1.807) is 11.3 Å². The van der Waals surface area contributed by atoms with Gasteiger partial charge in [0.2, 0.25) is 0 Å². The third-order valence-electron chi connectivity index (χ3n) is 7.35. The van der Waals surface area contributed by atoms with Gasteiger partial charge in [-0.25, -0.2) is 4.98 Å². The van der Waals surface area contributed by atoms with E-state index in [0.29, 0.717) is 0 Å². The Balaban J connectivity index is 0.00000276. The topological polar surface area (TPSA) is 48.5 Å². The second kappa shape index (κ2) is 10.2. The molecule has 4 aromatic heterocycles. The van der Waals surface area contributed by atoms with E-state index in [2.05, 4.69) is 105 Å². The number of rotatable bonds is 4. The van der Waals surface area contributed by atoms with Crippen molar-refractivity contribution in [3.8, 4) is 38.9 Å². The summed E-state index contributed by atoms with van der Waals surface area (Å²) in [5, 5.41) is 5.32. The minimum absolute atomic E-state index is 0. The van der Waals surface area contributed by atoms with Gasteiger partial charge in [0.05, 0.1) is 16.9 Å². The number of benzene rings is 4. The second-order valence-corrected chi connectivity index (χ2v) is 10.6. The van der Waals surface area contributed by atoms with E-state index in [1.807, 2.05) is 42.0 Å². The molecule has 7 heteroatoms. The molecule has 0 radical (unpaired) electrons. The van der Waals surface area contributed by atoms with Gasteiger partial charge in [-0.15, -0.1) is 64.9 Å². The van der Waals surface area contributed by atoms with Gasteiger partial charge < -0.3 is 14.1 Å². The van der Waals surface area contributed by atoms with E-state index in [1.165, 1.54) is 5.39 Å². The molecule has 0 aliphatic rings. The molecule has 0 bridgehead atoms. The Morgan fingerprint density at radius 2 is 1.63 bits per heavy atom. The molecule has 0 fully saturated rings. The van der Waals surface area contributed by atoms with Crippen LogP contribution in [0.1, 0.15) is 0 Å². The standard InChI is InChI=1S/C34H21N5S.Pt/c1-38-32-21-24(34-36-17-18-40-34)13-15-29(32)37-33(38)23-12-14-27-26-9-2-3-11-30(26)39(31(27)20-23)25-8-6-7-22(19-25)28-10-4-5-16-35-28;/h2-18,21H,1H3;/q-2;+2.